The van der Waals surface area contributed by atoms with Crippen LogP contribution in [0.4, 0.5) is 0 Å². The van der Waals surface area contributed by atoms with Gasteiger partial charge in [-0.05, 0) is 19.1 Å². The molecule has 6 nitrogen and oxygen atoms in total. The van der Waals surface area contributed by atoms with Crippen LogP contribution >= 0.6 is 0 Å². The molecule has 94 valence electrons. The first kappa shape index (κ1) is 12.3. The third-order valence-electron chi connectivity index (χ3n) is 2.22. The molecule has 0 saturated carbocycles. The second-order valence-corrected chi connectivity index (χ2v) is 3.77. The quantitative estimate of drug-likeness (QED) is 0.865. The Morgan fingerprint density at radius 3 is 2.78 bits per heavy atom. The van der Waals surface area contributed by atoms with Crippen molar-refractivity contribution in [1.82, 2.24) is 10.1 Å². The highest BCUT2D eigenvalue weighted by molar-refractivity contribution is 5.67. The highest BCUT2D eigenvalue weighted by Gasteiger charge is 2.09. The number of aryl methyl sites for hydroxylation is 1. The molecule has 1 heterocycles. The predicted octanol–water partition coefficient (Wildman–Crippen LogP) is 1.65. The zero-order valence-electron chi connectivity index (χ0n) is 9.79. The van der Waals surface area contributed by atoms with Gasteiger partial charge in [-0.1, -0.05) is 22.9 Å². The van der Waals surface area contributed by atoms with E-state index in [0.29, 0.717) is 11.7 Å². The van der Waals surface area contributed by atoms with Crippen molar-refractivity contribution < 1.29 is 19.2 Å². The van der Waals surface area contributed by atoms with Gasteiger partial charge in [0.05, 0.1) is 0 Å². The van der Waals surface area contributed by atoms with Gasteiger partial charge < -0.3 is 14.4 Å². The minimum Gasteiger partial charge on any atom is -0.480 e. The summed E-state index contributed by atoms with van der Waals surface area (Å²) in [5.41, 5.74) is 1.96. The molecule has 18 heavy (non-hydrogen) atoms. The maximum absolute atomic E-state index is 10.3. The van der Waals surface area contributed by atoms with Gasteiger partial charge in [0.2, 0.25) is 0 Å². The molecule has 1 N–H and O–H groups in total. The van der Waals surface area contributed by atoms with Gasteiger partial charge in [0.15, 0.2) is 5.82 Å². The van der Waals surface area contributed by atoms with E-state index in [1.807, 2.05) is 31.2 Å². The van der Waals surface area contributed by atoms with E-state index in [0.717, 1.165) is 11.1 Å². The molecule has 0 aliphatic heterocycles. The van der Waals surface area contributed by atoms with Gasteiger partial charge in [-0.3, -0.25) is 0 Å². The van der Waals surface area contributed by atoms with Crippen LogP contribution in [0.25, 0.3) is 11.5 Å². The molecular formula is C12H12N2O4. The Morgan fingerprint density at radius 2 is 2.11 bits per heavy atom. The maximum atomic E-state index is 10.3. The Hall–Kier alpha value is -2.21. The van der Waals surface area contributed by atoms with E-state index < -0.39 is 5.97 Å². The van der Waals surface area contributed by atoms with Gasteiger partial charge in [0, 0.05) is 5.56 Å². The van der Waals surface area contributed by atoms with Crippen LogP contribution in [0.1, 0.15) is 11.4 Å². The van der Waals surface area contributed by atoms with Gasteiger partial charge in [-0.15, -0.1) is 0 Å². The Labute approximate surface area is 103 Å². The van der Waals surface area contributed by atoms with E-state index in [9.17, 15) is 4.79 Å². The Balaban J connectivity index is 2.01. The molecule has 0 amide bonds. The smallest absolute Gasteiger partial charge is 0.329 e. The standard InChI is InChI=1S/C12H12N2O4/c1-8-2-4-9(5-3-8)12-13-10(14-18-12)6-17-7-11(15)16/h2-5H,6-7H2,1H3,(H,15,16). The average Bonchev–Trinajstić information content (AvgIpc) is 2.78. The Bertz CT molecular complexity index is 533. The van der Waals surface area contributed by atoms with Crippen molar-refractivity contribution in [3.05, 3.63) is 35.7 Å². The lowest BCUT2D eigenvalue weighted by Crippen LogP contribution is -2.07. The topological polar surface area (TPSA) is 85.5 Å². The summed E-state index contributed by atoms with van der Waals surface area (Å²) in [5, 5.41) is 12.1. The summed E-state index contributed by atoms with van der Waals surface area (Å²) in [7, 11) is 0. The van der Waals surface area contributed by atoms with Crippen molar-refractivity contribution in [1.29, 1.82) is 0 Å². The van der Waals surface area contributed by atoms with Crippen LogP contribution in [0.2, 0.25) is 0 Å². The summed E-state index contributed by atoms with van der Waals surface area (Å²) >= 11 is 0. The fourth-order valence-corrected chi connectivity index (χ4v) is 1.36. The summed E-state index contributed by atoms with van der Waals surface area (Å²) < 4.78 is 9.92. The number of aliphatic carboxylic acids is 1. The SMILES string of the molecule is Cc1ccc(-c2nc(COCC(=O)O)no2)cc1. The largest absolute Gasteiger partial charge is 0.480 e. The monoisotopic (exact) mass is 248 g/mol. The van der Waals surface area contributed by atoms with E-state index in [-0.39, 0.29) is 13.2 Å². The first-order chi connectivity index (χ1) is 8.65. The lowest BCUT2D eigenvalue weighted by atomic mass is 10.1. The van der Waals surface area contributed by atoms with Gasteiger partial charge >= 0.3 is 5.97 Å². The second kappa shape index (κ2) is 5.42. The number of aromatic nitrogens is 2. The van der Waals surface area contributed by atoms with Gasteiger partial charge in [-0.25, -0.2) is 4.79 Å². The minimum absolute atomic E-state index is 0.0155. The normalized spacial score (nSPS) is 10.5. The summed E-state index contributed by atoms with van der Waals surface area (Å²) in [5.74, 6) is -0.312. The van der Waals surface area contributed by atoms with Gasteiger partial charge in [0.1, 0.15) is 13.2 Å². The van der Waals surface area contributed by atoms with E-state index in [1.165, 1.54) is 0 Å². The minimum atomic E-state index is -1.03. The molecule has 0 bridgehead atoms. The number of benzene rings is 1. The average molecular weight is 248 g/mol. The van der Waals surface area contributed by atoms with Crippen molar-refractivity contribution in [2.45, 2.75) is 13.5 Å². The number of rotatable bonds is 5. The zero-order valence-corrected chi connectivity index (χ0v) is 9.79. The van der Waals surface area contributed by atoms with Crippen LogP contribution in [0.3, 0.4) is 0 Å². The first-order valence-corrected chi connectivity index (χ1v) is 5.34. The van der Waals surface area contributed by atoms with Gasteiger partial charge in [-0.2, -0.15) is 4.98 Å². The van der Waals surface area contributed by atoms with Crippen molar-refractivity contribution in [3.8, 4) is 11.5 Å². The lowest BCUT2D eigenvalue weighted by Gasteiger charge is -1.95. The molecule has 2 rings (SSSR count). The van der Waals surface area contributed by atoms with E-state index in [2.05, 4.69) is 10.1 Å². The predicted molar refractivity (Wildman–Crippen MR) is 61.8 cm³/mol. The third kappa shape index (κ3) is 3.14. The zero-order chi connectivity index (χ0) is 13.0. The molecule has 0 fully saturated rings. The molecule has 0 spiro atoms. The Morgan fingerprint density at radius 1 is 1.39 bits per heavy atom. The number of carbonyl (C=O) groups is 1. The van der Waals surface area contributed by atoms with Crippen molar-refractivity contribution in [2.75, 3.05) is 6.61 Å². The molecule has 0 radical (unpaired) electrons. The van der Waals surface area contributed by atoms with E-state index in [1.54, 1.807) is 0 Å². The maximum Gasteiger partial charge on any atom is 0.329 e. The Kier molecular flexibility index (Phi) is 3.69. The number of hydrogen-bond donors (Lipinski definition) is 1. The van der Waals surface area contributed by atoms with Crippen molar-refractivity contribution in [2.24, 2.45) is 0 Å². The third-order valence-corrected chi connectivity index (χ3v) is 2.22. The summed E-state index contributed by atoms with van der Waals surface area (Å²) in [6, 6.07) is 7.65. The van der Waals surface area contributed by atoms with Gasteiger partial charge in [0.25, 0.3) is 5.89 Å². The van der Waals surface area contributed by atoms with Crippen LogP contribution in [0, 0.1) is 6.92 Å². The highest BCUT2D eigenvalue weighted by atomic mass is 16.5. The molecular weight excluding hydrogens is 236 g/mol. The molecule has 0 aliphatic rings. The molecule has 0 saturated heterocycles. The summed E-state index contributed by atoms with van der Waals surface area (Å²) in [6.45, 7) is 1.62. The fraction of sp³-hybridized carbons (Fsp3) is 0.250. The molecule has 0 unspecified atom stereocenters. The fourth-order valence-electron chi connectivity index (χ4n) is 1.36. The lowest BCUT2D eigenvalue weighted by molar-refractivity contribution is -0.142. The van der Waals surface area contributed by atoms with Crippen molar-refractivity contribution in [3.63, 3.8) is 0 Å². The first-order valence-electron chi connectivity index (χ1n) is 5.34. The second-order valence-electron chi connectivity index (χ2n) is 3.77. The van der Waals surface area contributed by atoms with E-state index in [4.69, 9.17) is 14.4 Å². The van der Waals surface area contributed by atoms with E-state index >= 15 is 0 Å². The summed E-state index contributed by atoms with van der Waals surface area (Å²) in [4.78, 5) is 14.4. The number of nitrogens with zero attached hydrogens (tertiary/aromatic N) is 2. The van der Waals surface area contributed by atoms with Crippen LogP contribution in [0.15, 0.2) is 28.8 Å². The molecule has 6 heteroatoms. The van der Waals surface area contributed by atoms with Crippen LogP contribution in [-0.4, -0.2) is 27.8 Å². The highest BCUT2D eigenvalue weighted by Crippen LogP contribution is 2.17. The number of ether oxygens (including phenoxy) is 1. The number of hydrogen-bond acceptors (Lipinski definition) is 5. The molecule has 2 aromatic rings. The number of carboxylic acid groups (broad SMARTS) is 1. The number of carboxylic acids is 1. The summed E-state index contributed by atoms with van der Waals surface area (Å²) in [6.07, 6.45) is 0. The van der Waals surface area contributed by atoms with Crippen LogP contribution in [-0.2, 0) is 16.1 Å². The van der Waals surface area contributed by atoms with Crippen molar-refractivity contribution >= 4 is 5.97 Å². The van der Waals surface area contributed by atoms with Crippen LogP contribution < -0.4 is 0 Å². The molecule has 1 aromatic carbocycles. The molecule has 1 aromatic heterocycles. The molecule has 0 atom stereocenters. The van der Waals surface area contributed by atoms with Crippen LogP contribution in [0.5, 0.6) is 0 Å². The molecule has 0 aliphatic carbocycles.